The lowest BCUT2D eigenvalue weighted by atomic mass is 9.80. The van der Waals surface area contributed by atoms with Gasteiger partial charge in [0.1, 0.15) is 6.04 Å². The molecule has 2 unspecified atom stereocenters. The standard InChI is InChI=1S/C15H28N2O3/c1-4-5-6-13(14(18)19)17-15(20)16-12-8-10(2)7-11(3)9-12/h10-13H,4-9H2,1-3H3,(H,18,19)(H2,16,17,20)/t10?,11?,12?,13-/m0/s1. The van der Waals surface area contributed by atoms with Crippen LogP contribution in [0.3, 0.4) is 0 Å². The van der Waals surface area contributed by atoms with Gasteiger partial charge in [0.05, 0.1) is 0 Å². The predicted octanol–water partition coefficient (Wildman–Crippen LogP) is 2.75. The fourth-order valence-electron chi connectivity index (χ4n) is 3.12. The highest BCUT2D eigenvalue weighted by atomic mass is 16.4. The topological polar surface area (TPSA) is 78.4 Å². The second-order valence-corrected chi connectivity index (χ2v) is 6.27. The van der Waals surface area contributed by atoms with Gasteiger partial charge in [0.15, 0.2) is 0 Å². The Morgan fingerprint density at radius 2 is 1.80 bits per heavy atom. The molecule has 20 heavy (non-hydrogen) atoms. The van der Waals surface area contributed by atoms with E-state index in [9.17, 15) is 9.59 Å². The van der Waals surface area contributed by atoms with Crippen molar-refractivity contribution in [1.29, 1.82) is 0 Å². The summed E-state index contributed by atoms with van der Waals surface area (Å²) in [5.41, 5.74) is 0. The fourth-order valence-corrected chi connectivity index (χ4v) is 3.12. The van der Waals surface area contributed by atoms with Crippen LogP contribution >= 0.6 is 0 Å². The zero-order chi connectivity index (χ0) is 15.1. The molecule has 1 aliphatic carbocycles. The maximum absolute atomic E-state index is 11.9. The van der Waals surface area contributed by atoms with Crippen LogP contribution in [-0.4, -0.2) is 29.2 Å². The number of carbonyl (C=O) groups is 2. The zero-order valence-electron chi connectivity index (χ0n) is 12.8. The van der Waals surface area contributed by atoms with E-state index >= 15 is 0 Å². The van der Waals surface area contributed by atoms with Crippen LogP contribution < -0.4 is 10.6 Å². The van der Waals surface area contributed by atoms with Gasteiger partial charge in [-0.05, 0) is 37.5 Å². The fraction of sp³-hybridized carbons (Fsp3) is 0.867. The highest BCUT2D eigenvalue weighted by Gasteiger charge is 2.26. The first-order chi connectivity index (χ1) is 9.42. The van der Waals surface area contributed by atoms with Crippen LogP contribution in [0.2, 0.25) is 0 Å². The maximum atomic E-state index is 11.9. The lowest BCUT2D eigenvalue weighted by Crippen LogP contribution is -2.50. The van der Waals surface area contributed by atoms with E-state index in [1.54, 1.807) is 0 Å². The largest absolute Gasteiger partial charge is 0.480 e. The van der Waals surface area contributed by atoms with Gasteiger partial charge < -0.3 is 15.7 Å². The Hall–Kier alpha value is -1.26. The SMILES string of the molecule is CCCC[C@H](NC(=O)NC1CC(C)CC(C)C1)C(=O)O. The Balaban J connectivity index is 2.42. The molecule has 0 saturated heterocycles. The Labute approximate surface area is 121 Å². The predicted molar refractivity (Wildman–Crippen MR) is 78.6 cm³/mol. The van der Waals surface area contributed by atoms with Crippen molar-refractivity contribution in [2.75, 3.05) is 0 Å². The number of hydrogen-bond acceptors (Lipinski definition) is 2. The smallest absolute Gasteiger partial charge is 0.326 e. The summed E-state index contributed by atoms with van der Waals surface area (Å²) in [6, 6.07) is -0.970. The molecular formula is C15H28N2O3. The van der Waals surface area contributed by atoms with Gasteiger partial charge in [0, 0.05) is 6.04 Å². The summed E-state index contributed by atoms with van der Waals surface area (Å²) < 4.78 is 0. The van der Waals surface area contributed by atoms with Gasteiger partial charge in [-0.15, -0.1) is 0 Å². The zero-order valence-corrected chi connectivity index (χ0v) is 12.8. The van der Waals surface area contributed by atoms with E-state index in [2.05, 4.69) is 24.5 Å². The number of carboxylic acids is 1. The molecule has 0 aromatic heterocycles. The minimum absolute atomic E-state index is 0.161. The first-order valence-corrected chi connectivity index (χ1v) is 7.72. The lowest BCUT2D eigenvalue weighted by molar-refractivity contribution is -0.139. The Kier molecular flexibility index (Phi) is 6.82. The van der Waals surface area contributed by atoms with E-state index in [-0.39, 0.29) is 12.1 Å². The molecule has 0 heterocycles. The molecule has 0 aromatic rings. The number of rotatable bonds is 6. The van der Waals surface area contributed by atoms with Crippen molar-refractivity contribution < 1.29 is 14.7 Å². The van der Waals surface area contributed by atoms with Crippen LogP contribution in [0, 0.1) is 11.8 Å². The average Bonchev–Trinajstić information content (AvgIpc) is 2.32. The van der Waals surface area contributed by atoms with Gasteiger partial charge in [-0.25, -0.2) is 9.59 Å². The van der Waals surface area contributed by atoms with Crippen LogP contribution in [0.25, 0.3) is 0 Å². The quantitative estimate of drug-likeness (QED) is 0.701. The van der Waals surface area contributed by atoms with Gasteiger partial charge in [-0.1, -0.05) is 33.6 Å². The van der Waals surface area contributed by atoms with E-state index in [4.69, 9.17) is 5.11 Å². The Morgan fingerprint density at radius 1 is 1.20 bits per heavy atom. The van der Waals surface area contributed by atoms with Crippen LogP contribution in [0.15, 0.2) is 0 Å². The molecule has 1 fully saturated rings. The molecule has 3 N–H and O–H groups in total. The molecule has 5 nitrogen and oxygen atoms in total. The Morgan fingerprint density at radius 3 is 2.30 bits per heavy atom. The maximum Gasteiger partial charge on any atom is 0.326 e. The van der Waals surface area contributed by atoms with Crippen molar-refractivity contribution in [1.82, 2.24) is 10.6 Å². The normalized spacial score (nSPS) is 27.6. The first-order valence-electron chi connectivity index (χ1n) is 7.72. The van der Waals surface area contributed by atoms with Crippen molar-refractivity contribution >= 4 is 12.0 Å². The molecule has 0 radical (unpaired) electrons. The number of nitrogens with one attached hydrogen (secondary N) is 2. The van der Waals surface area contributed by atoms with Crippen LogP contribution in [0.1, 0.15) is 59.3 Å². The molecule has 3 atom stereocenters. The molecule has 1 aliphatic rings. The minimum atomic E-state index is -0.959. The summed E-state index contributed by atoms with van der Waals surface area (Å²) in [7, 11) is 0. The van der Waals surface area contributed by atoms with Crippen molar-refractivity contribution in [3.05, 3.63) is 0 Å². The summed E-state index contributed by atoms with van der Waals surface area (Å²) in [5.74, 6) is 0.262. The van der Waals surface area contributed by atoms with Crippen molar-refractivity contribution in [3.8, 4) is 0 Å². The monoisotopic (exact) mass is 284 g/mol. The number of carboxylic acid groups (broad SMARTS) is 1. The van der Waals surface area contributed by atoms with Crippen LogP contribution in [0.4, 0.5) is 4.79 Å². The third-order valence-electron chi connectivity index (χ3n) is 3.96. The lowest BCUT2D eigenvalue weighted by Gasteiger charge is -2.32. The molecule has 116 valence electrons. The molecule has 5 heteroatoms. The number of carbonyl (C=O) groups excluding carboxylic acids is 1. The van der Waals surface area contributed by atoms with E-state index in [0.29, 0.717) is 18.3 Å². The van der Waals surface area contributed by atoms with E-state index in [1.807, 2.05) is 6.92 Å². The van der Waals surface area contributed by atoms with Gasteiger partial charge in [0.2, 0.25) is 0 Å². The summed E-state index contributed by atoms with van der Waals surface area (Å²) in [4.78, 5) is 23.0. The molecule has 1 rings (SSSR count). The van der Waals surface area contributed by atoms with Crippen LogP contribution in [-0.2, 0) is 4.79 Å². The van der Waals surface area contributed by atoms with E-state index in [0.717, 1.165) is 25.7 Å². The molecule has 0 aliphatic heterocycles. The van der Waals surface area contributed by atoms with Crippen LogP contribution in [0.5, 0.6) is 0 Å². The van der Waals surface area contributed by atoms with Crippen molar-refractivity contribution in [2.24, 2.45) is 11.8 Å². The molecule has 1 saturated carbocycles. The molecular weight excluding hydrogens is 256 g/mol. The third kappa shape index (κ3) is 5.80. The number of unbranched alkanes of at least 4 members (excludes halogenated alkanes) is 1. The molecule has 0 bridgehead atoms. The highest BCUT2D eigenvalue weighted by Crippen LogP contribution is 2.28. The minimum Gasteiger partial charge on any atom is -0.480 e. The molecule has 0 spiro atoms. The van der Waals surface area contributed by atoms with Gasteiger partial charge in [0.25, 0.3) is 0 Å². The summed E-state index contributed by atoms with van der Waals surface area (Å²) in [5, 5.41) is 14.6. The van der Waals surface area contributed by atoms with Gasteiger partial charge >= 0.3 is 12.0 Å². The highest BCUT2D eigenvalue weighted by molar-refractivity contribution is 5.82. The van der Waals surface area contributed by atoms with Crippen molar-refractivity contribution in [3.63, 3.8) is 0 Å². The number of amides is 2. The number of urea groups is 1. The van der Waals surface area contributed by atoms with Crippen molar-refractivity contribution in [2.45, 2.75) is 71.4 Å². The van der Waals surface area contributed by atoms with E-state index < -0.39 is 12.0 Å². The average molecular weight is 284 g/mol. The number of aliphatic carboxylic acids is 1. The van der Waals surface area contributed by atoms with Gasteiger partial charge in [-0.3, -0.25) is 0 Å². The first kappa shape index (κ1) is 16.8. The Bertz CT molecular complexity index is 323. The second-order valence-electron chi connectivity index (χ2n) is 6.27. The third-order valence-corrected chi connectivity index (χ3v) is 3.96. The summed E-state index contributed by atoms with van der Waals surface area (Å²) in [6.07, 6.45) is 5.36. The van der Waals surface area contributed by atoms with Gasteiger partial charge in [-0.2, -0.15) is 0 Å². The summed E-state index contributed by atoms with van der Waals surface area (Å²) in [6.45, 7) is 6.40. The number of hydrogen-bond donors (Lipinski definition) is 3. The summed E-state index contributed by atoms with van der Waals surface area (Å²) >= 11 is 0. The van der Waals surface area contributed by atoms with E-state index in [1.165, 1.54) is 6.42 Å². The second kappa shape index (κ2) is 8.12. The molecule has 2 amide bonds. The molecule has 0 aromatic carbocycles.